The highest BCUT2D eigenvalue weighted by Crippen LogP contribution is 2.29. The van der Waals surface area contributed by atoms with Crippen LogP contribution in [0.15, 0.2) is 83.2 Å². The molecule has 1 amide bonds. The van der Waals surface area contributed by atoms with Crippen molar-refractivity contribution in [2.75, 3.05) is 16.4 Å². The van der Waals surface area contributed by atoms with Crippen molar-refractivity contribution in [3.05, 3.63) is 84.4 Å². The number of thioether (sulfide) groups is 1. The Bertz CT molecular complexity index is 1220. The lowest BCUT2D eigenvalue weighted by molar-refractivity contribution is -0.113. The van der Waals surface area contributed by atoms with Gasteiger partial charge in [0.15, 0.2) is 4.34 Å². The first kappa shape index (κ1) is 21.4. The number of nitrogens with one attached hydrogen (secondary N) is 2. The number of para-hydroxylation sites is 1. The third-order valence-electron chi connectivity index (χ3n) is 4.12. The average Bonchev–Trinajstić information content (AvgIpc) is 3.27. The second-order valence-corrected chi connectivity index (χ2v) is 8.66. The molecule has 0 bridgehead atoms. The van der Waals surface area contributed by atoms with E-state index >= 15 is 0 Å². The van der Waals surface area contributed by atoms with Crippen LogP contribution in [-0.2, 0) is 4.79 Å². The summed E-state index contributed by atoms with van der Waals surface area (Å²) < 4.78 is 6.47. The van der Waals surface area contributed by atoms with E-state index in [9.17, 15) is 4.79 Å². The molecule has 0 spiro atoms. The molecule has 1 heterocycles. The molecule has 32 heavy (non-hydrogen) atoms. The first-order chi connectivity index (χ1) is 15.7. The van der Waals surface area contributed by atoms with Gasteiger partial charge in [-0.25, -0.2) is 0 Å². The summed E-state index contributed by atoms with van der Waals surface area (Å²) in [4.78, 5) is 12.1. The second kappa shape index (κ2) is 10.4. The van der Waals surface area contributed by atoms with Crippen LogP contribution in [0.3, 0.4) is 0 Å². The number of nitriles is 1. The van der Waals surface area contributed by atoms with E-state index in [2.05, 4.69) is 20.8 Å². The smallest absolute Gasteiger partial charge is 0.234 e. The first-order valence-electron chi connectivity index (χ1n) is 9.54. The Labute approximate surface area is 193 Å². The van der Waals surface area contributed by atoms with E-state index in [0.29, 0.717) is 20.7 Å². The SMILES string of the molecule is N#Cc1ccc(NC(=O)CSc2nnc(Nc3ccc(Oc4ccccc4)cc3)s2)cc1. The van der Waals surface area contributed by atoms with Crippen LogP contribution >= 0.6 is 23.1 Å². The summed E-state index contributed by atoms with van der Waals surface area (Å²) in [6, 6.07) is 25.9. The van der Waals surface area contributed by atoms with Crippen LogP contribution in [0.25, 0.3) is 0 Å². The van der Waals surface area contributed by atoms with Crippen LogP contribution in [0.5, 0.6) is 11.5 Å². The van der Waals surface area contributed by atoms with Gasteiger partial charge in [0.1, 0.15) is 11.5 Å². The number of nitrogens with zero attached hydrogens (tertiary/aromatic N) is 3. The zero-order valence-electron chi connectivity index (χ0n) is 16.7. The van der Waals surface area contributed by atoms with E-state index in [1.807, 2.05) is 60.7 Å². The van der Waals surface area contributed by atoms with Gasteiger partial charge < -0.3 is 15.4 Å². The zero-order chi connectivity index (χ0) is 22.2. The number of hydrogen-bond donors (Lipinski definition) is 2. The molecule has 0 unspecified atom stereocenters. The standard InChI is InChI=1S/C23H17N5O2S2/c24-14-16-6-8-17(9-7-16)25-21(29)15-31-23-28-27-22(32-23)26-18-10-12-20(13-11-18)30-19-4-2-1-3-5-19/h1-13H,15H2,(H,25,29)(H,26,27). The highest BCUT2D eigenvalue weighted by atomic mass is 32.2. The number of rotatable bonds is 8. The van der Waals surface area contributed by atoms with Crippen LogP contribution in [-0.4, -0.2) is 21.9 Å². The van der Waals surface area contributed by atoms with Crippen LogP contribution in [0.2, 0.25) is 0 Å². The lowest BCUT2D eigenvalue weighted by Gasteiger charge is -2.06. The van der Waals surface area contributed by atoms with Crippen molar-refractivity contribution >= 4 is 45.5 Å². The zero-order valence-corrected chi connectivity index (χ0v) is 18.3. The minimum absolute atomic E-state index is 0.154. The Kier molecular flexibility index (Phi) is 6.97. The van der Waals surface area contributed by atoms with Gasteiger partial charge in [-0.1, -0.05) is 41.3 Å². The fraction of sp³-hybridized carbons (Fsp3) is 0.0435. The van der Waals surface area contributed by atoms with Gasteiger partial charge in [0.25, 0.3) is 0 Å². The monoisotopic (exact) mass is 459 g/mol. The molecule has 0 aliphatic rings. The number of anilines is 3. The molecular formula is C23H17N5O2S2. The van der Waals surface area contributed by atoms with E-state index in [1.54, 1.807) is 24.3 Å². The Hall–Kier alpha value is -3.87. The number of carbonyl (C=O) groups excluding carboxylic acids is 1. The van der Waals surface area contributed by atoms with Gasteiger partial charge in [0.2, 0.25) is 11.0 Å². The molecule has 7 nitrogen and oxygen atoms in total. The summed E-state index contributed by atoms with van der Waals surface area (Å²) in [6.07, 6.45) is 0. The molecule has 0 saturated heterocycles. The van der Waals surface area contributed by atoms with Gasteiger partial charge in [-0.3, -0.25) is 4.79 Å². The Balaban J connectivity index is 1.26. The van der Waals surface area contributed by atoms with E-state index in [-0.39, 0.29) is 11.7 Å². The van der Waals surface area contributed by atoms with Gasteiger partial charge in [0, 0.05) is 11.4 Å². The van der Waals surface area contributed by atoms with Gasteiger partial charge in [-0.15, -0.1) is 10.2 Å². The van der Waals surface area contributed by atoms with Crippen molar-refractivity contribution in [2.45, 2.75) is 4.34 Å². The van der Waals surface area contributed by atoms with Crippen molar-refractivity contribution in [1.29, 1.82) is 5.26 Å². The maximum absolute atomic E-state index is 12.1. The summed E-state index contributed by atoms with van der Waals surface area (Å²) in [5, 5.41) is 23.7. The maximum Gasteiger partial charge on any atom is 0.234 e. The van der Waals surface area contributed by atoms with E-state index in [0.717, 1.165) is 17.2 Å². The number of aromatic nitrogens is 2. The molecule has 0 fully saturated rings. The quantitative estimate of drug-likeness (QED) is 0.327. The summed E-state index contributed by atoms with van der Waals surface area (Å²) in [5.41, 5.74) is 2.05. The molecule has 9 heteroatoms. The molecule has 0 saturated carbocycles. The summed E-state index contributed by atoms with van der Waals surface area (Å²) >= 11 is 2.68. The number of hydrogen-bond acceptors (Lipinski definition) is 8. The third-order valence-corrected chi connectivity index (χ3v) is 6.09. The number of ether oxygens (including phenoxy) is 1. The summed E-state index contributed by atoms with van der Waals surface area (Å²) in [5.74, 6) is 1.57. The average molecular weight is 460 g/mol. The Morgan fingerprint density at radius 1 is 0.938 bits per heavy atom. The fourth-order valence-corrected chi connectivity index (χ4v) is 4.20. The molecule has 158 valence electrons. The predicted molar refractivity (Wildman–Crippen MR) is 127 cm³/mol. The minimum atomic E-state index is -0.154. The lowest BCUT2D eigenvalue weighted by atomic mass is 10.2. The normalized spacial score (nSPS) is 10.2. The van der Waals surface area contributed by atoms with E-state index in [4.69, 9.17) is 10.00 Å². The molecule has 2 N–H and O–H groups in total. The lowest BCUT2D eigenvalue weighted by Crippen LogP contribution is -2.13. The Morgan fingerprint density at radius 3 is 2.34 bits per heavy atom. The van der Waals surface area contributed by atoms with Gasteiger partial charge in [0.05, 0.1) is 17.4 Å². The molecule has 0 aliphatic carbocycles. The molecule has 0 atom stereocenters. The maximum atomic E-state index is 12.1. The summed E-state index contributed by atoms with van der Waals surface area (Å²) in [7, 11) is 0. The molecule has 4 aromatic rings. The largest absolute Gasteiger partial charge is 0.457 e. The highest BCUT2D eigenvalue weighted by molar-refractivity contribution is 8.01. The van der Waals surface area contributed by atoms with Gasteiger partial charge in [-0.2, -0.15) is 5.26 Å². The van der Waals surface area contributed by atoms with E-state index < -0.39 is 0 Å². The van der Waals surface area contributed by atoms with Crippen LogP contribution in [0, 0.1) is 11.3 Å². The number of carbonyl (C=O) groups is 1. The van der Waals surface area contributed by atoms with Crippen LogP contribution in [0.4, 0.5) is 16.5 Å². The predicted octanol–water partition coefficient (Wildman–Crippen LogP) is 5.68. The third kappa shape index (κ3) is 6.07. The van der Waals surface area contributed by atoms with Crippen molar-refractivity contribution < 1.29 is 9.53 Å². The second-order valence-electron chi connectivity index (χ2n) is 6.46. The molecule has 0 aliphatic heterocycles. The Morgan fingerprint density at radius 2 is 1.62 bits per heavy atom. The van der Waals surface area contributed by atoms with Gasteiger partial charge in [-0.05, 0) is 60.7 Å². The van der Waals surface area contributed by atoms with Crippen molar-refractivity contribution in [2.24, 2.45) is 0 Å². The molecular weight excluding hydrogens is 442 g/mol. The molecule has 0 radical (unpaired) electrons. The molecule has 4 rings (SSSR count). The molecule has 3 aromatic carbocycles. The van der Waals surface area contributed by atoms with Crippen LogP contribution < -0.4 is 15.4 Å². The topological polar surface area (TPSA) is 99.9 Å². The van der Waals surface area contributed by atoms with Gasteiger partial charge >= 0.3 is 0 Å². The van der Waals surface area contributed by atoms with E-state index in [1.165, 1.54) is 23.1 Å². The fourth-order valence-electron chi connectivity index (χ4n) is 2.63. The van der Waals surface area contributed by atoms with Crippen molar-refractivity contribution in [3.63, 3.8) is 0 Å². The van der Waals surface area contributed by atoms with Crippen molar-refractivity contribution in [3.8, 4) is 17.6 Å². The summed E-state index contributed by atoms with van der Waals surface area (Å²) in [6.45, 7) is 0. The minimum Gasteiger partial charge on any atom is -0.457 e. The van der Waals surface area contributed by atoms with Crippen LogP contribution in [0.1, 0.15) is 5.56 Å². The van der Waals surface area contributed by atoms with Crippen molar-refractivity contribution in [1.82, 2.24) is 10.2 Å². The molecule has 1 aromatic heterocycles. The number of benzene rings is 3. The first-order valence-corrected chi connectivity index (χ1v) is 11.3. The number of amides is 1. The highest BCUT2D eigenvalue weighted by Gasteiger charge is 2.09.